The Kier molecular flexibility index (Phi) is 6.15. The molecule has 1 aromatic rings. The molecule has 17 heavy (non-hydrogen) atoms. The maximum atomic E-state index is 11.6. The fourth-order valence-electron chi connectivity index (χ4n) is 1.56. The SMILES string of the molecule is CCCCCC(=O)Nc1ccc(OCC)cc1. The maximum Gasteiger partial charge on any atom is 0.224 e. The van der Waals surface area contributed by atoms with Crippen LogP contribution in [0.3, 0.4) is 0 Å². The number of carbonyl (C=O) groups excluding carboxylic acids is 1. The molecule has 0 aliphatic rings. The minimum atomic E-state index is 0.0857. The van der Waals surface area contributed by atoms with E-state index < -0.39 is 0 Å². The average Bonchev–Trinajstić information content (AvgIpc) is 2.32. The van der Waals surface area contributed by atoms with Gasteiger partial charge in [0.15, 0.2) is 0 Å². The molecule has 0 aliphatic heterocycles. The first-order valence-corrected chi connectivity index (χ1v) is 6.29. The van der Waals surface area contributed by atoms with Crippen molar-refractivity contribution in [2.45, 2.75) is 39.5 Å². The van der Waals surface area contributed by atoms with Crippen molar-refractivity contribution in [3.8, 4) is 5.75 Å². The number of unbranched alkanes of at least 4 members (excludes halogenated alkanes) is 2. The molecule has 0 spiro atoms. The zero-order valence-corrected chi connectivity index (χ0v) is 10.7. The van der Waals surface area contributed by atoms with Gasteiger partial charge < -0.3 is 10.1 Å². The molecule has 1 N–H and O–H groups in total. The van der Waals surface area contributed by atoms with E-state index in [2.05, 4.69) is 12.2 Å². The van der Waals surface area contributed by atoms with Crippen LogP contribution < -0.4 is 10.1 Å². The lowest BCUT2D eigenvalue weighted by Crippen LogP contribution is -2.10. The second-order valence-corrected chi connectivity index (χ2v) is 3.96. The Labute approximate surface area is 103 Å². The number of nitrogens with one attached hydrogen (secondary N) is 1. The molecule has 0 unspecified atom stereocenters. The van der Waals surface area contributed by atoms with Gasteiger partial charge in [-0.15, -0.1) is 0 Å². The lowest BCUT2D eigenvalue weighted by atomic mass is 10.2. The monoisotopic (exact) mass is 235 g/mol. The van der Waals surface area contributed by atoms with Crippen molar-refractivity contribution in [1.29, 1.82) is 0 Å². The quantitative estimate of drug-likeness (QED) is 0.733. The third-order valence-electron chi connectivity index (χ3n) is 2.46. The summed E-state index contributed by atoms with van der Waals surface area (Å²) in [5.74, 6) is 0.916. The lowest BCUT2D eigenvalue weighted by Gasteiger charge is -2.06. The topological polar surface area (TPSA) is 38.3 Å². The first-order chi connectivity index (χ1) is 8.26. The van der Waals surface area contributed by atoms with E-state index >= 15 is 0 Å². The minimum absolute atomic E-state index is 0.0857. The molecule has 1 amide bonds. The van der Waals surface area contributed by atoms with E-state index in [9.17, 15) is 4.79 Å². The number of benzene rings is 1. The third kappa shape index (κ3) is 5.38. The predicted molar refractivity (Wildman–Crippen MR) is 70.4 cm³/mol. The van der Waals surface area contributed by atoms with Gasteiger partial charge in [0.25, 0.3) is 0 Å². The molecular formula is C14H21NO2. The summed E-state index contributed by atoms with van der Waals surface area (Å²) in [6.45, 7) is 4.73. The summed E-state index contributed by atoms with van der Waals surface area (Å²) < 4.78 is 5.33. The summed E-state index contributed by atoms with van der Waals surface area (Å²) in [5.41, 5.74) is 0.829. The lowest BCUT2D eigenvalue weighted by molar-refractivity contribution is -0.116. The molecule has 94 valence electrons. The van der Waals surface area contributed by atoms with Crippen molar-refractivity contribution in [3.63, 3.8) is 0 Å². The van der Waals surface area contributed by atoms with E-state index in [0.29, 0.717) is 13.0 Å². The van der Waals surface area contributed by atoms with Crippen LogP contribution in [0.25, 0.3) is 0 Å². The molecule has 3 nitrogen and oxygen atoms in total. The van der Waals surface area contributed by atoms with Gasteiger partial charge in [-0.05, 0) is 37.6 Å². The van der Waals surface area contributed by atoms with Gasteiger partial charge in [0.2, 0.25) is 5.91 Å². The van der Waals surface area contributed by atoms with Gasteiger partial charge in [-0.3, -0.25) is 4.79 Å². The molecule has 0 radical (unpaired) electrons. The van der Waals surface area contributed by atoms with Crippen LogP contribution in [0.5, 0.6) is 5.75 Å². The number of anilines is 1. The normalized spacial score (nSPS) is 10.0. The van der Waals surface area contributed by atoms with Gasteiger partial charge in [0.1, 0.15) is 5.75 Å². The highest BCUT2D eigenvalue weighted by molar-refractivity contribution is 5.90. The summed E-state index contributed by atoms with van der Waals surface area (Å²) in [6, 6.07) is 7.46. The summed E-state index contributed by atoms with van der Waals surface area (Å²) in [7, 11) is 0. The Morgan fingerprint density at radius 2 is 1.88 bits per heavy atom. The Balaban J connectivity index is 2.37. The number of ether oxygens (including phenoxy) is 1. The molecule has 0 heterocycles. The summed E-state index contributed by atoms with van der Waals surface area (Å²) in [4.78, 5) is 11.6. The van der Waals surface area contributed by atoms with Crippen LogP contribution in [0.15, 0.2) is 24.3 Å². The van der Waals surface area contributed by atoms with Crippen LogP contribution >= 0.6 is 0 Å². The molecule has 0 atom stereocenters. The zero-order valence-electron chi connectivity index (χ0n) is 10.7. The van der Waals surface area contributed by atoms with E-state index in [0.717, 1.165) is 30.7 Å². The maximum absolute atomic E-state index is 11.6. The summed E-state index contributed by atoms with van der Waals surface area (Å²) >= 11 is 0. The van der Waals surface area contributed by atoms with Crippen LogP contribution in [-0.2, 0) is 4.79 Å². The highest BCUT2D eigenvalue weighted by Gasteiger charge is 2.01. The smallest absolute Gasteiger partial charge is 0.224 e. The van der Waals surface area contributed by atoms with Crippen molar-refractivity contribution in [2.75, 3.05) is 11.9 Å². The van der Waals surface area contributed by atoms with Crippen LogP contribution in [-0.4, -0.2) is 12.5 Å². The van der Waals surface area contributed by atoms with Crippen molar-refractivity contribution in [2.24, 2.45) is 0 Å². The minimum Gasteiger partial charge on any atom is -0.494 e. The van der Waals surface area contributed by atoms with Crippen LogP contribution in [0.2, 0.25) is 0 Å². The van der Waals surface area contributed by atoms with E-state index in [4.69, 9.17) is 4.74 Å². The van der Waals surface area contributed by atoms with Crippen molar-refractivity contribution >= 4 is 11.6 Å². The van der Waals surface area contributed by atoms with E-state index in [-0.39, 0.29) is 5.91 Å². The highest BCUT2D eigenvalue weighted by atomic mass is 16.5. The van der Waals surface area contributed by atoms with Gasteiger partial charge in [0, 0.05) is 12.1 Å². The van der Waals surface area contributed by atoms with Gasteiger partial charge >= 0.3 is 0 Å². The largest absolute Gasteiger partial charge is 0.494 e. The van der Waals surface area contributed by atoms with E-state index in [1.807, 2.05) is 31.2 Å². The standard InChI is InChI=1S/C14H21NO2/c1-3-5-6-7-14(16)15-12-8-10-13(11-9-12)17-4-2/h8-11H,3-7H2,1-2H3,(H,15,16). The van der Waals surface area contributed by atoms with E-state index in [1.54, 1.807) is 0 Å². The molecule has 0 fully saturated rings. The fraction of sp³-hybridized carbons (Fsp3) is 0.500. The number of amides is 1. The summed E-state index contributed by atoms with van der Waals surface area (Å²) in [5, 5.41) is 2.88. The average molecular weight is 235 g/mol. The van der Waals surface area contributed by atoms with E-state index in [1.165, 1.54) is 0 Å². The molecule has 0 aromatic heterocycles. The number of hydrogen-bond acceptors (Lipinski definition) is 2. The fourth-order valence-corrected chi connectivity index (χ4v) is 1.56. The molecule has 1 rings (SSSR count). The van der Waals surface area contributed by atoms with Gasteiger partial charge in [-0.2, -0.15) is 0 Å². The second kappa shape index (κ2) is 7.71. The highest BCUT2D eigenvalue weighted by Crippen LogP contribution is 2.16. The molecule has 1 aromatic carbocycles. The molecular weight excluding hydrogens is 214 g/mol. The molecule has 0 saturated carbocycles. The van der Waals surface area contributed by atoms with Crippen molar-refractivity contribution in [1.82, 2.24) is 0 Å². The van der Waals surface area contributed by atoms with Crippen molar-refractivity contribution < 1.29 is 9.53 Å². The Hall–Kier alpha value is -1.51. The number of carbonyl (C=O) groups is 1. The van der Waals surface area contributed by atoms with Crippen LogP contribution in [0.1, 0.15) is 39.5 Å². The van der Waals surface area contributed by atoms with Crippen LogP contribution in [0.4, 0.5) is 5.69 Å². The zero-order chi connectivity index (χ0) is 12.5. The molecule has 0 bridgehead atoms. The molecule has 3 heteroatoms. The Morgan fingerprint density at radius 3 is 2.47 bits per heavy atom. The number of rotatable bonds is 7. The van der Waals surface area contributed by atoms with Crippen LogP contribution in [0, 0.1) is 0 Å². The predicted octanol–water partition coefficient (Wildman–Crippen LogP) is 3.60. The Bertz CT molecular complexity index is 333. The van der Waals surface area contributed by atoms with Gasteiger partial charge in [-0.1, -0.05) is 19.8 Å². The van der Waals surface area contributed by atoms with Gasteiger partial charge in [-0.25, -0.2) is 0 Å². The van der Waals surface area contributed by atoms with Gasteiger partial charge in [0.05, 0.1) is 6.61 Å². The third-order valence-corrected chi connectivity index (χ3v) is 2.46. The first-order valence-electron chi connectivity index (χ1n) is 6.29. The molecule has 0 saturated heterocycles. The first kappa shape index (κ1) is 13.6. The molecule has 0 aliphatic carbocycles. The Morgan fingerprint density at radius 1 is 1.18 bits per heavy atom. The number of hydrogen-bond donors (Lipinski definition) is 1. The summed E-state index contributed by atoms with van der Waals surface area (Å²) in [6.07, 6.45) is 3.80. The second-order valence-electron chi connectivity index (χ2n) is 3.96. The van der Waals surface area contributed by atoms with Crippen molar-refractivity contribution in [3.05, 3.63) is 24.3 Å².